The van der Waals surface area contributed by atoms with Gasteiger partial charge in [0.05, 0.1) is 19.3 Å². The Kier molecular flexibility index (Phi) is 4.20. The van der Waals surface area contributed by atoms with E-state index in [0.717, 1.165) is 15.9 Å². The highest BCUT2D eigenvalue weighted by molar-refractivity contribution is 9.10. The summed E-state index contributed by atoms with van der Waals surface area (Å²) in [7, 11) is 1.62. The SMILES string of the molecule is COc1cccc(CNc2ccc(C)c(Br)c2)n1. The minimum Gasteiger partial charge on any atom is -0.481 e. The van der Waals surface area contributed by atoms with E-state index in [-0.39, 0.29) is 0 Å². The highest BCUT2D eigenvalue weighted by Crippen LogP contribution is 2.21. The van der Waals surface area contributed by atoms with Crippen LogP contribution in [0.2, 0.25) is 0 Å². The summed E-state index contributed by atoms with van der Waals surface area (Å²) in [5, 5.41) is 3.33. The molecule has 0 aliphatic carbocycles. The van der Waals surface area contributed by atoms with Crippen molar-refractivity contribution in [3.63, 3.8) is 0 Å². The van der Waals surface area contributed by atoms with Gasteiger partial charge in [-0.1, -0.05) is 28.1 Å². The van der Waals surface area contributed by atoms with E-state index in [4.69, 9.17) is 4.74 Å². The largest absolute Gasteiger partial charge is 0.481 e. The Balaban J connectivity index is 2.04. The van der Waals surface area contributed by atoms with Gasteiger partial charge in [0, 0.05) is 16.2 Å². The fourth-order valence-corrected chi connectivity index (χ4v) is 1.94. The van der Waals surface area contributed by atoms with Gasteiger partial charge in [-0.2, -0.15) is 0 Å². The van der Waals surface area contributed by atoms with Crippen molar-refractivity contribution in [1.29, 1.82) is 0 Å². The minimum absolute atomic E-state index is 0.638. The first-order valence-electron chi connectivity index (χ1n) is 5.69. The van der Waals surface area contributed by atoms with Gasteiger partial charge >= 0.3 is 0 Å². The molecule has 0 bridgehead atoms. The molecule has 1 aromatic carbocycles. The number of pyridine rings is 1. The van der Waals surface area contributed by atoms with E-state index in [2.05, 4.69) is 51.4 Å². The number of rotatable bonds is 4. The second kappa shape index (κ2) is 5.87. The van der Waals surface area contributed by atoms with Gasteiger partial charge in [0.1, 0.15) is 0 Å². The smallest absolute Gasteiger partial charge is 0.213 e. The molecule has 1 heterocycles. The van der Waals surface area contributed by atoms with E-state index in [1.54, 1.807) is 7.11 Å². The zero-order chi connectivity index (χ0) is 13.0. The third-order valence-corrected chi connectivity index (χ3v) is 3.49. The number of hydrogen-bond acceptors (Lipinski definition) is 3. The van der Waals surface area contributed by atoms with Crippen molar-refractivity contribution in [2.24, 2.45) is 0 Å². The number of hydrogen-bond donors (Lipinski definition) is 1. The third-order valence-electron chi connectivity index (χ3n) is 2.64. The summed E-state index contributed by atoms with van der Waals surface area (Å²) >= 11 is 3.52. The van der Waals surface area contributed by atoms with E-state index < -0.39 is 0 Å². The molecule has 0 saturated heterocycles. The summed E-state index contributed by atoms with van der Waals surface area (Å²) in [6, 6.07) is 11.9. The first-order chi connectivity index (χ1) is 8.69. The number of ether oxygens (including phenoxy) is 1. The number of halogens is 1. The number of nitrogens with one attached hydrogen (secondary N) is 1. The molecule has 1 aromatic heterocycles. The summed E-state index contributed by atoms with van der Waals surface area (Å²) in [6.07, 6.45) is 0. The first-order valence-corrected chi connectivity index (χ1v) is 6.48. The number of anilines is 1. The van der Waals surface area contributed by atoms with E-state index >= 15 is 0 Å². The highest BCUT2D eigenvalue weighted by atomic mass is 79.9. The van der Waals surface area contributed by atoms with Gasteiger partial charge in [0.2, 0.25) is 5.88 Å². The zero-order valence-corrected chi connectivity index (χ0v) is 12.0. The van der Waals surface area contributed by atoms with Crippen LogP contribution in [-0.4, -0.2) is 12.1 Å². The van der Waals surface area contributed by atoms with Crippen molar-refractivity contribution < 1.29 is 4.74 Å². The van der Waals surface area contributed by atoms with Crippen LogP contribution in [0.5, 0.6) is 5.88 Å². The minimum atomic E-state index is 0.638. The lowest BCUT2D eigenvalue weighted by atomic mass is 10.2. The molecule has 3 nitrogen and oxygen atoms in total. The molecule has 0 atom stereocenters. The van der Waals surface area contributed by atoms with Crippen LogP contribution in [0.4, 0.5) is 5.69 Å². The molecule has 0 spiro atoms. The van der Waals surface area contributed by atoms with Crippen molar-refractivity contribution in [1.82, 2.24) is 4.98 Å². The van der Waals surface area contributed by atoms with Crippen LogP contribution in [0.25, 0.3) is 0 Å². The quantitative estimate of drug-likeness (QED) is 0.933. The van der Waals surface area contributed by atoms with E-state index in [1.807, 2.05) is 18.2 Å². The molecule has 4 heteroatoms. The molecule has 1 N–H and O–H groups in total. The van der Waals surface area contributed by atoms with Gasteiger partial charge in [-0.15, -0.1) is 0 Å². The molecule has 0 fully saturated rings. The Morgan fingerprint density at radius 3 is 2.83 bits per heavy atom. The van der Waals surface area contributed by atoms with Crippen LogP contribution in [0.3, 0.4) is 0 Å². The molecule has 0 saturated carbocycles. The number of aromatic nitrogens is 1. The van der Waals surface area contributed by atoms with Gasteiger partial charge in [-0.25, -0.2) is 4.98 Å². The lowest BCUT2D eigenvalue weighted by molar-refractivity contribution is 0.396. The van der Waals surface area contributed by atoms with Crippen molar-refractivity contribution >= 4 is 21.6 Å². The number of benzene rings is 1. The van der Waals surface area contributed by atoms with Crippen LogP contribution in [0.15, 0.2) is 40.9 Å². The number of methoxy groups -OCH3 is 1. The van der Waals surface area contributed by atoms with Crippen molar-refractivity contribution in [3.8, 4) is 5.88 Å². The predicted molar refractivity (Wildman–Crippen MR) is 77.0 cm³/mol. The maximum Gasteiger partial charge on any atom is 0.213 e. The molecule has 0 radical (unpaired) electrons. The summed E-state index contributed by atoms with van der Waals surface area (Å²) in [5.74, 6) is 0.638. The van der Waals surface area contributed by atoms with Crippen LogP contribution in [-0.2, 0) is 6.54 Å². The van der Waals surface area contributed by atoms with Crippen molar-refractivity contribution in [2.45, 2.75) is 13.5 Å². The standard InChI is InChI=1S/C14H15BrN2O/c1-10-6-7-11(8-13(10)15)16-9-12-4-3-5-14(17-12)18-2/h3-8,16H,9H2,1-2H3. The van der Waals surface area contributed by atoms with Crippen molar-refractivity contribution in [2.75, 3.05) is 12.4 Å². The van der Waals surface area contributed by atoms with Crippen LogP contribution < -0.4 is 10.1 Å². The predicted octanol–water partition coefficient (Wildman–Crippen LogP) is 3.77. The summed E-state index contributed by atoms with van der Waals surface area (Å²) < 4.78 is 6.20. The van der Waals surface area contributed by atoms with Gasteiger partial charge in [-0.3, -0.25) is 0 Å². The molecular weight excluding hydrogens is 292 g/mol. The molecule has 18 heavy (non-hydrogen) atoms. The van der Waals surface area contributed by atoms with Gasteiger partial charge in [0.25, 0.3) is 0 Å². The Labute approximate surface area is 115 Å². The van der Waals surface area contributed by atoms with E-state index in [0.29, 0.717) is 12.4 Å². The fraction of sp³-hybridized carbons (Fsp3) is 0.214. The Morgan fingerprint density at radius 1 is 1.28 bits per heavy atom. The highest BCUT2D eigenvalue weighted by Gasteiger charge is 2.00. The monoisotopic (exact) mass is 306 g/mol. The second-order valence-corrected chi connectivity index (χ2v) is 4.84. The van der Waals surface area contributed by atoms with Gasteiger partial charge < -0.3 is 10.1 Å². The summed E-state index contributed by atoms with van der Waals surface area (Å²) in [5.41, 5.74) is 3.24. The molecule has 0 aliphatic rings. The number of aryl methyl sites for hydroxylation is 1. The van der Waals surface area contributed by atoms with Crippen LogP contribution in [0.1, 0.15) is 11.3 Å². The lowest BCUT2D eigenvalue weighted by Gasteiger charge is -2.08. The normalized spacial score (nSPS) is 10.2. The fourth-order valence-electron chi connectivity index (χ4n) is 1.57. The van der Waals surface area contributed by atoms with Crippen LogP contribution in [0, 0.1) is 6.92 Å². The van der Waals surface area contributed by atoms with E-state index in [9.17, 15) is 0 Å². The average molecular weight is 307 g/mol. The third kappa shape index (κ3) is 3.23. The Bertz CT molecular complexity index is 543. The Hall–Kier alpha value is -1.55. The van der Waals surface area contributed by atoms with Crippen LogP contribution >= 0.6 is 15.9 Å². The summed E-state index contributed by atoms with van der Waals surface area (Å²) in [6.45, 7) is 2.74. The molecule has 94 valence electrons. The maximum absolute atomic E-state index is 5.10. The Morgan fingerprint density at radius 2 is 2.11 bits per heavy atom. The van der Waals surface area contributed by atoms with Crippen molar-refractivity contribution in [3.05, 3.63) is 52.1 Å². The lowest BCUT2D eigenvalue weighted by Crippen LogP contribution is -2.02. The topological polar surface area (TPSA) is 34.1 Å². The molecule has 0 unspecified atom stereocenters. The zero-order valence-electron chi connectivity index (χ0n) is 10.4. The molecule has 2 aromatic rings. The summed E-state index contributed by atoms with van der Waals surface area (Å²) in [4.78, 5) is 4.35. The van der Waals surface area contributed by atoms with Gasteiger partial charge in [0.15, 0.2) is 0 Å². The average Bonchev–Trinajstić information content (AvgIpc) is 2.40. The molecule has 0 amide bonds. The second-order valence-electron chi connectivity index (χ2n) is 3.99. The number of nitrogens with zero attached hydrogens (tertiary/aromatic N) is 1. The molecule has 0 aliphatic heterocycles. The first kappa shape index (κ1) is 12.9. The molecule has 2 rings (SSSR count). The van der Waals surface area contributed by atoms with Gasteiger partial charge in [-0.05, 0) is 30.7 Å². The van der Waals surface area contributed by atoms with E-state index in [1.165, 1.54) is 5.56 Å². The maximum atomic E-state index is 5.10. The molecular formula is C14H15BrN2O.